The predicted molar refractivity (Wildman–Crippen MR) is 88.0 cm³/mol. The molecule has 0 aromatic heterocycles. The second-order valence-electron chi connectivity index (χ2n) is 7.55. The molecule has 2 saturated carbocycles. The molecule has 2 aliphatic carbocycles. The van der Waals surface area contributed by atoms with E-state index in [1.807, 2.05) is 26.0 Å². The number of anilines is 1. The maximum Gasteiger partial charge on any atom is 0.231 e. The molecule has 2 atom stereocenters. The van der Waals surface area contributed by atoms with Crippen LogP contribution in [-0.2, 0) is 9.59 Å². The van der Waals surface area contributed by atoms with Gasteiger partial charge in [-0.15, -0.1) is 0 Å². The molecule has 0 spiro atoms. The third-order valence-electron chi connectivity index (χ3n) is 6.58. The quantitative estimate of drug-likeness (QED) is 0.879. The topological polar surface area (TPSA) is 46.2 Å². The zero-order valence-corrected chi connectivity index (χ0v) is 14.3. The third kappa shape index (κ3) is 1.75. The van der Waals surface area contributed by atoms with Crippen LogP contribution in [-0.4, -0.2) is 11.7 Å². The lowest BCUT2D eigenvalue weighted by atomic mass is 9.64. The zero-order valence-electron chi connectivity index (χ0n) is 13.5. The largest absolute Gasteiger partial charge is 0.325 e. The van der Waals surface area contributed by atoms with Crippen molar-refractivity contribution in [2.75, 3.05) is 5.32 Å². The van der Waals surface area contributed by atoms with Crippen molar-refractivity contribution in [3.8, 4) is 0 Å². The Labute approximate surface area is 136 Å². The lowest BCUT2D eigenvalue weighted by molar-refractivity contribution is -0.131. The van der Waals surface area contributed by atoms with Gasteiger partial charge in [-0.05, 0) is 48.9 Å². The van der Waals surface area contributed by atoms with Crippen molar-refractivity contribution in [3.63, 3.8) is 0 Å². The number of Topliss-reactive ketones (excluding diaryl/α,β-unsaturated/α-hetero) is 1. The molecule has 2 bridgehead atoms. The van der Waals surface area contributed by atoms with Crippen LogP contribution in [0.2, 0.25) is 5.02 Å². The summed E-state index contributed by atoms with van der Waals surface area (Å²) in [4.78, 5) is 25.5. The Balaban J connectivity index is 1.94. The van der Waals surface area contributed by atoms with Crippen molar-refractivity contribution in [3.05, 3.63) is 28.8 Å². The SMILES string of the molecule is Cc1cc(Cl)ccc1NC(=O)[C@]12CC[C@](C)(C(=O)C1)C2(C)C. The van der Waals surface area contributed by atoms with Crippen molar-refractivity contribution < 1.29 is 9.59 Å². The molecular formula is C18H22ClNO2. The molecule has 0 unspecified atom stereocenters. The van der Waals surface area contributed by atoms with Crippen LogP contribution < -0.4 is 5.32 Å². The minimum atomic E-state index is -0.592. The third-order valence-corrected chi connectivity index (χ3v) is 6.81. The summed E-state index contributed by atoms with van der Waals surface area (Å²) in [7, 11) is 0. The predicted octanol–water partition coefficient (Wildman–Crippen LogP) is 4.37. The smallest absolute Gasteiger partial charge is 0.231 e. The number of hydrogen-bond acceptors (Lipinski definition) is 2. The Kier molecular flexibility index (Phi) is 3.23. The van der Waals surface area contributed by atoms with E-state index in [0.717, 1.165) is 24.1 Å². The highest BCUT2D eigenvalue weighted by molar-refractivity contribution is 6.30. The summed E-state index contributed by atoms with van der Waals surface area (Å²) in [5, 5.41) is 3.69. The van der Waals surface area contributed by atoms with Crippen LogP contribution in [0.3, 0.4) is 0 Å². The second-order valence-corrected chi connectivity index (χ2v) is 7.99. The fraction of sp³-hybridized carbons (Fsp3) is 0.556. The summed E-state index contributed by atoms with van der Waals surface area (Å²) in [5.41, 5.74) is 0.416. The van der Waals surface area contributed by atoms with Gasteiger partial charge in [0.2, 0.25) is 5.91 Å². The van der Waals surface area contributed by atoms with Gasteiger partial charge in [0.05, 0.1) is 5.41 Å². The second kappa shape index (κ2) is 4.58. The van der Waals surface area contributed by atoms with Gasteiger partial charge >= 0.3 is 0 Å². The lowest BCUT2D eigenvalue weighted by Crippen LogP contribution is -2.43. The number of fused-ring (bicyclic) bond motifs is 2. The van der Waals surface area contributed by atoms with E-state index >= 15 is 0 Å². The normalized spacial score (nSPS) is 32.3. The van der Waals surface area contributed by atoms with E-state index in [9.17, 15) is 9.59 Å². The van der Waals surface area contributed by atoms with Crippen LogP contribution >= 0.6 is 11.6 Å². The molecule has 0 heterocycles. The van der Waals surface area contributed by atoms with Crippen molar-refractivity contribution in [2.45, 2.75) is 47.0 Å². The summed E-state index contributed by atoms with van der Waals surface area (Å²) in [6.45, 7) is 8.08. The van der Waals surface area contributed by atoms with Gasteiger partial charge < -0.3 is 5.32 Å². The van der Waals surface area contributed by atoms with Crippen molar-refractivity contribution >= 4 is 29.0 Å². The number of halogens is 1. The zero-order chi connectivity index (χ0) is 16.3. The summed E-state index contributed by atoms with van der Waals surface area (Å²) >= 11 is 5.97. The highest BCUT2D eigenvalue weighted by Crippen LogP contribution is 2.70. The van der Waals surface area contributed by atoms with Gasteiger partial charge in [0.15, 0.2) is 0 Å². The molecule has 2 fully saturated rings. The number of carbonyl (C=O) groups is 2. The summed E-state index contributed by atoms with van der Waals surface area (Å²) in [6.07, 6.45) is 1.93. The van der Waals surface area contributed by atoms with Gasteiger partial charge in [-0.1, -0.05) is 32.4 Å². The molecule has 1 aromatic rings. The highest BCUT2D eigenvalue weighted by atomic mass is 35.5. The maximum atomic E-state index is 13.0. The molecule has 0 saturated heterocycles. The molecule has 118 valence electrons. The van der Waals surface area contributed by atoms with E-state index in [0.29, 0.717) is 11.4 Å². The van der Waals surface area contributed by atoms with E-state index in [2.05, 4.69) is 19.2 Å². The molecule has 3 nitrogen and oxygen atoms in total. The van der Waals surface area contributed by atoms with Crippen LogP contribution in [0.1, 0.15) is 45.6 Å². The van der Waals surface area contributed by atoms with Crippen molar-refractivity contribution in [2.24, 2.45) is 16.2 Å². The van der Waals surface area contributed by atoms with Crippen molar-refractivity contribution in [1.82, 2.24) is 0 Å². The minimum absolute atomic E-state index is 0.0301. The van der Waals surface area contributed by atoms with E-state index in [-0.39, 0.29) is 22.5 Å². The molecular weight excluding hydrogens is 298 g/mol. The van der Waals surface area contributed by atoms with Crippen LogP contribution in [0.25, 0.3) is 0 Å². The van der Waals surface area contributed by atoms with Gasteiger partial charge in [-0.3, -0.25) is 9.59 Å². The Morgan fingerprint density at radius 1 is 1.23 bits per heavy atom. The number of ketones is 1. The molecule has 3 rings (SSSR count). The Hall–Kier alpha value is -1.35. The van der Waals surface area contributed by atoms with E-state index in [1.165, 1.54) is 0 Å². The summed E-state index contributed by atoms with van der Waals surface area (Å²) in [5.74, 6) is 0.198. The van der Waals surface area contributed by atoms with Gasteiger partial charge in [0, 0.05) is 22.5 Å². The van der Waals surface area contributed by atoms with E-state index in [4.69, 9.17) is 11.6 Å². The van der Waals surface area contributed by atoms with Crippen LogP contribution in [0.5, 0.6) is 0 Å². The van der Waals surface area contributed by atoms with Crippen LogP contribution in [0.15, 0.2) is 18.2 Å². The molecule has 1 amide bonds. The number of carbonyl (C=O) groups excluding carboxylic acids is 2. The van der Waals surface area contributed by atoms with Crippen LogP contribution in [0.4, 0.5) is 5.69 Å². The summed E-state index contributed by atoms with van der Waals surface area (Å²) < 4.78 is 0. The summed E-state index contributed by atoms with van der Waals surface area (Å²) in [6, 6.07) is 5.42. The van der Waals surface area contributed by atoms with E-state index < -0.39 is 5.41 Å². The molecule has 0 radical (unpaired) electrons. The minimum Gasteiger partial charge on any atom is -0.325 e. The fourth-order valence-corrected chi connectivity index (χ4v) is 4.60. The average molecular weight is 320 g/mol. The van der Waals surface area contributed by atoms with Gasteiger partial charge in [0.1, 0.15) is 5.78 Å². The number of aryl methyl sites for hydroxylation is 1. The van der Waals surface area contributed by atoms with Gasteiger partial charge in [0.25, 0.3) is 0 Å². The molecule has 22 heavy (non-hydrogen) atoms. The fourth-order valence-electron chi connectivity index (χ4n) is 4.37. The van der Waals surface area contributed by atoms with E-state index in [1.54, 1.807) is 6.07 Å². The maximum absolute atomic E-state index is 13.0. The Morgan fingerprint density at radius 3 is 2.41 bits per heavy atom. The molecule has 0 aliphatic heterocycles. The highest BCUT2D eigenvalue weighted by Gasteiger charge is 2.72. The number of amides is 1. The number of hydrogen-bond donors (Lipinski definition) is 1. The first-order valence-corrected chi connectivity index (χ1v) is 8.13. The first-order valence-electron chi connectivity index (χ1n) is 7.75. The number of benzene rings is 1. The first-order chi connectivity index (χ1) is 10.1. The molecule has 4 heteroatoms. The van der Waals surface area contributed by atoms with Gasteiger partial charge in [-0.2, -0.15) is 0 Å². The molecule has 1 aromatic carbocycles. The molecule has 1 N–H and O–H groups in total. The molecule has 2 aliphatic rings. The average Bonchev–Trinajstić information content (AvgIpc) is 2.72. The number of rotatable bonds is 2. The Morgan fingerprint density at radius 2 is 1.91 bits per heavy atom. The standard InChI is InChI=1S/C18H22ClNO2/c1-11-9-12(19)5-6-13(11)20-15(22)18-8-7-17(4,14(21)10-18)16(18,2)3/h5-6,9H,7-8,10H2,1-4H3,(H,20,22)/t17-,18+/m1/s1. The monoisotopic (exact) mass is 319 g/mol. The van der Waals surface area contributed by atoms with Gasteiger partial charge in [-0.25, -0.2) is 0 Å². The first kappa shape index (κ1) is 15.5. The number of nitrogens with one attached hydrogen (secondary N) is 1. The Bertz CT molecular complexity index is 682. The van der Waals surface area contributed by atoms with Crippen LogP contribution in [0, 0.1) is 23.2 Å². The lowest BCUT2D eigenvalue weighted by Gasteiger charge is -2.38. The van der Waals surface area contributed by atoms with Crippen molar-refractivity contribution in [1.29, 1.82) is 0 Å².